The van der Waals surface area contributed by atoms with Gasteiger partial charge < -0.3 is 4.90 Å². The average Bonchev–Trinajstić information content (AvgIpc) is 2.87. The number of piperidine rings is 1. The van der Waals surface area contributed by atoms with Gasteiger partial charge in [0.2, 0.25) is 5.91 Å². The van der Waals surface area contributed by atoms with Crippen LogP contribution in [0.15, 0.2) is 59.4 Å². The Kier molecular flexibility index (Phi) is 6.51. The molecule has 1 aliphatic heterocycles. The van der Waals surface area contributed by atoms with Crippen LogP contribution >= 0.6 is 0 Å². The minimum atomic E-state index is -0.0721. The van der Waals surface area contributed by atoms with Gasteiger partial charge in [-0.05, 0) is 74.5 Å². The van der Waals surface area contributed by atoms with Crippen LogP contribution in [0.4, 0.5) is 0 Å². The van der Waals surface area contributed by atoms with E-state index in [0.717, 1.165) is 58.0 Å². The number of aromatic nitrogens is 3. The number of benzene rings is 2. The molecule has 0 atom stereocenters. The Bertz CT molecular complexity index is 1140. The first-order valence-electron chi connectivity index (χ1n) is 12.3. The second-order valence-corrected chi connectivity index (χ2v) is 9.77. The number of nitrogens with zero attached hydrogens (tertiary/aromatic N) is 4. The van der Waals surface area contributed by atoms with E-state index >= 15 is 0 Å². The van der Waals surface area contributed by atoms with Crippen LogP contribution in [0.25, 0.3) is 10.9 Å². The third kappa shape index (κ3) is 5.00. The van der Waals surface area contributed by atoms with E-state index in [9.17, 15) is 9.59 Å². The Morgan fingerprint density at radius 3 is 2.30 bits per heavy atom. The predicted octanol–water partition coefficient (Wildman–Crippen LogP) is 4.08. The topological polar surface area (TPSA) is 68.1 Å². The molecular formula is C27H32N4O2. The van der Waals surface area contributed by atoms with E-state index in [1.165, 1.54) is 10.2 Å². The maximum Gasteiger partial charge on any atom is 0.277 e. The number of amides is 1. The molecule has 1 amide bonds. The van der Waals surface area contributed by atoms with Crippen LogP contribution in [0.1, 0.15) is 44.1 Å². The molecule has 6 heteroatoms. The summed E-state index contributed by atoms with van der Waals surface area (Å²) >= 11 is 0. The number of rotatable bonds is 5. The number of carbonyl (C=O) groups is 1. The summed E-state index contributed by atoms with van der Waals surface area (Å²) in [6.45, 7) is 2.36. The van der Waals surface area contributed by atoms with Crippen LogP contribution in [0.2, 0.25) is 0 Å². The molecule has 172 valence electrons. The van der Waals surface area contributed by atoms with Gasteiger partial charge in [0.25, 0.3) is 5.56 Å². The van der Waals surface area contributed by atoms with E-state index in [1.807, 2.05) is 18.2 Å². The summed E-state index contributed by atoms with van der Waals surface area (Å²) in [5, 5.41) is 8.96. The molecule has 0 unspecified atom stereocenters. The summed E-state index contributed by atoms with van der Waals surface area (Å²) in [6, 6.07) is 18.0. The summed E-state index contributed by atoms with van der Waals surface area (Å²) in [4.78, 5) is 28.0. The maximum absolute atomic E-state index is 13.1. The first kappa shape index (κ1) is 21.8. The van der Waals surface area contributed by atoms with Crippen LogP contribution in [0, 0.1) is 17.8 Å². The predicted molar refractivity (Wildman–Crippen MR) is 129 cm³/mol. The number of hydrogen-bond donors (Lipinski definition) is 0. The molecular weight excluding hydrogens is 412 g/mol. The highest BCUT2D eigenvalue weighted by Crippen LogP contribution is 2.32. The molecule has 1 saturated carbocycles. The smallest absolute Gasteiger partial charge is 0.277 e. The number of fused-ring (bicyclic) bond motifs is 1. The van der Waals surface area contributed by atoms with Crippen molar-refractivity contribution in [2.45, 2.75) is 51.5 Å². The molecule has 1 aliphatic carbocycles. The SMILES string of the molecule is O=C(C1CCC(Cn2nnc3ccccc3c2=O)CC1)N1CCC(Cc2ccccc2)CC1. The molecule has 0 N–H and O–H groups in total. The average molecular weight is 445 g/mol. The molecule has 33 heavy (non-hydrogen) atoms. The molecule has 0 spiro atoms. The molecule has 0 bridgehead atoms. The van der Waals surface area contributed by atoms with Crippen molar-refractivity contribution in [3.8, 4) is 0 Å². The molecule has 2 aromatic carbocycles. The highest BCUT2D eigenvalue weighted by Gasteiger charge is 2.32. The van der Waals surface area contributed by atoms with E-state index in [4.69, 9.17) is 0 Å². The molecule has 6 nitrogen and oxygen atoms in total. The molecule has 2 fully saturated rings. The minimum absolute atomic E-state index is 0.0721. The molecule has 2 heterocycles. The number of carbonyl (C=O) groups excluding carboxylic acids is 1. The summed E-state index contributed by atoms with van der Waals surface area (Å²) < 4.78 is 1.51. The Morgan fingerprint density at radius 2 is 1.55 bits per heavy atom. The van der Waals surface area contributed by atoms with Crippen molar-refractivity contribution in [3.05, 3.63) is 70.5 Å². The lowest BCUT2D eigenvalue weighted by atomic mass is 9.80. The monoisotopic (exact) mass is 444 g/mol. The molecule has 0 radical (unpaired) electrons. The number of hydrogen-bond acceptors (Lipinski definition) is 4. The normalized spacial score (nSPS) is 21.9. The van der Waals surface area contributed by atoms with Crippen LogP contribution in [-0.2, 0) is 17.8 Å². The summed E-state index contributed by atoms with van der Waals surface area (Å²) in [6.07, 6.45) is 7.04. The van der Waals surface area contributed by atoms with Gasteiger partial charge in [-0.2, -0.15) is 0 Å². The van der Waals surface area contributed by atoms with Crippen molar-refractivity contribution in [3.63, 3.8) is 0 Å². The summed E-state index contributed by atoms with van der Waals surface area (Å²) in [5.74, 6) is 1.52. The zero-order chi connectivity index (χ0) is 22.6. The lowest BCUT2D eigenvalue weighted by Crippen LogP contribution is -2.43. The second-order valence-electron chi connectivity index (χ2n) is 9.77. The lowest BCUT2D eigenvalue weighted by Gasteiger charge is -2.36. The van der Waals surface area contributed by atoms with Gasteiger partial charge in [0.05, 0.1) is 5.39 Å². The Labute approximate surface area is 194 Å². The van der Waals surface area contributed by atoms with Crippen molar-refractivity contribution in [1.82, 2.24) is 19.9 Å². The third-order valence-corrected chi connectivity index (χ3v) is 7.55. The maximum atomic E-state index is 13.1. The van der Waals surface area contributed by atoms with Gasteiger partial charge in [-0.15, -0.1) is 5.10 Å². The van der Waals surface area contributed by atoms with Crippen LogP contribution in [0.3, 0.4) is 0 Å². The molecule has 1 saturated heterocycles. The Hall–Kier alpha value is -3.02. The molecule has 1 aromatic heterocycles. The summed E-state index contributed by atoms with van der Waals surface area (Å²) in [5.41, 5.74) is 1.97. The van der Waals surface area contributed by atoms with Gasteiger partial charge in [0.15, 0.2) is 0 Å². The van der Waals surface area contributed by atoms with Crippen LogP contribution < -0.4 is 5.56 Å². The first-order valence-corrected chi connectivity index (χ1v) is 12.3. The lowest BCUT2D eigenvalue weighted by molar-refractivity contribution is -0.138. The van der Waals surface area contributed by atoms with Gasteiger partial charge in [-0.3, -0.25) is 9.59 Å². The van der Waals surface area contributed by atoms with Crippen molar-refractivity contribution < 1.29 is 4.79 Å². The largest absolute Gasteiger partial charge is 0.342 e. The highest BCUT2D eigenvalue weighted by molar-refractivity contribution is 5.79. The summed E-state index contributed by atoms with van der Waals surface area (Å²) in [7, 11) is 0. The van der Waals surface area contributed by atoms with Crippen molar-refractivity contribution >= 4 is 16.8 Å². The van der Waals surface area contributed by atoms with E-state index in [1.54, 1.807) is 6.07 Å². The quantitative estimate of drug-likeness (QED) is 0.595. The molecule has 3 aromatic rings. The molecule has 5 rings (SSSR count). The first-order chi connectivity index (χ1) is 16.2. The third-order valence-electron chi connectivity index (χ3n) is 7.55. The van der Waals surface area contributed by atoms with E-state index in [2.05, 4.69) is 45.5 Å². The van der Waals surface area contributed by atoms with Crippen LogP contribution in [-0.4, -0.2) is 38.9 Å². The van der Waals surface area contributed by atoms with Crippen molar-refractivity contribution in [2.24, 2.45) is 17.8 Å². The van der Waals surface area contributed by atoms with E-state index in [-0.39, 0.29) is 11.5 Å². The molecule has 2 aliphatic rings. The zero-order valence-electron chi connectivity index (χ0n) is 19.1. The van der Waals surface area contributed by atoms with Crippen LogP contribution in [0.5, 0.6) is 0 Å². The van der Waals surface area contributed by atoms with Crippen molar-refractivity contribution in [2.75, 3.05) is 13.1 Å². The van der Waals surface area contributed by atoms with Gasteiger partial charge in [0, 0.05) is 25.6 Å². The standard InChI is InChI=1S/C27H32N4O2/c32-26(30-16-14-21(15-17-30)18-20-6-2-1-3-7-20)23-12-10-22(11-13-23)19-31-27(33)24-8-4-5-9-25(24)28-29-31/h1-9,21-23H,10-19H2. The van der Waals surface area contributed by atoms with E-state index < -0.39 is 0 Å². The highest BCUT2D eigenvalue weighted by atomic mass is 16.2. The second kappa shape index (κ2) is 9.86. The van der Waals surface area contributed by atoms with Gasteiger partial charge in [0.1, 0.15) is 5.52 Å². The fraction of sp³-hybridized carbons (Fsp3) is 0.481. The Morgan fingerprint density at radius 1 is 0.848 bits per heavy atom. The Balaban J connectivity index is 1.11. The van der Waals surface area contributed by atoms with Gasteiger partial charge in [-0.25, -0.2) is 4.68 Å². The fourth-order valence-corrected chi connectivity index (χ4v) is 5.54. The van der Waals surface area contributed by atoms with Gasteiger partial charge >= 0.3 is 0 Å². The minimum Gasteiger partial charge on any atom is -0.342 e. The fourth-order valence-electron chi connectivity index (χ4n) is 5.54. The van der Waals surface area contributed by atoms with E-state index in [0.29, 0.717) is 35.2 Å². The zero-order valence-corrected chi connectivity index (χ0v) is 19.1. The van der Waals surface area contributed by atoms with Crippen molar-refractivity contribution in [1.29, 1.82) is 0 Å². The number of likely N-dealkylation sites (tertiary alicyclic amines) is 1. The van der Waals surface area contributed by atoms with Gasteiger partial charge in [-0.1, -0.05) is 47.7 Å².